The van der Waals surface area contributed by atoms with Crippen molar-refractivity contribution in [2.75, 3.05) is 13.7 Å². The third kappa shape index (κ3) is 5.61. The van der Waals surface area contributed by atoms with Gasteiger partial charge in [-0.25, -0.2) is 9.59 Å². The maximum absolute atomic E-state index is 11.7. The zero-order valence-corrected chi connectivity index (χ0v) is 14.1. The predicted octanol–water partition coefficient (Wildman–Crippen LogP) is 3.04. The number of benzene rings is 1. The lowest BCUT2D eigenvalue weighted by Gasteiger charge is -2.09. The Hall–Kier alpha value is -3.07. The molecule has 6 heteroatoms. The highest BCUT2D eigenvalue weighted by atomic mass is 16.6. The summed E-state index contributed by atoms with van der Waals surface area (Å²) in [4.78, 5) is 23.3. The molecule has 0 heterocycles. The molecule has 0 saturated carbocycles. The smallest absolute Gasteiger partial charge is 0.348 e. The summed E-state index contributed by atoms with van der Waals surface area (Å²) in [6.07, 6.45) is 2.74. The van der Waals surface area contributed by atoms with Crippen molar-refractivity contribution in [2.24, 2.45) is 0 Å². The highest BCUT2D eigenvalue weighted by Crippen LogP contribution is 2.29. The van der Waals surface area contributed by atoms with Gasteiger partial charge in [0.25, 0.3) is 0 Å². The fraction of sp³-hybridized carbons (Fsp3) is 0.278. The van der Waals surface area contributed by atoms with Crippen molar-refractivity contribution in [3.63, 3.8) is 0 Å². The molecule has 0 aliphatic carbocycles. The molecule has 0 radical (unpaired) electrons. The first-order chi connectivity index (χ1) is 11.4. The van der Waals surface area contributed by atoms with Gasteiger partial charge in [0, 0.05) is 6.08 Å². The number of ether oxygens (including phenoxy) is 3. The summed E-state index contributed by atoms with van der Waals surface area (Å²) in [6, 6.07) is 6.48. The molecular weight excluding hydrogens is 310 g/mol. The van der Waals surface area contributed by atoms with E-state index in [1.165, 1.54) is 25.3 Å². The number of esters is 2. The van der Waals surface area contributed by atoms with E-state index in [0.717, 1.165) is 5.57 Å². The van der Waals surface area contributed by atoms with E-state index < -0.39 is 11.9 Å². The van der Waals surface area contributed by atoms with Gasteiger partial charge >= 0.3 is 11.9 Å². The SMILES string of the molecule is CCOC(=O)/C(C#N)=C/c1ccc(OC(=O)C=C(C)C)c(OC)c1. The molecule has 0 fully saturated rings. The van der Waals surface area contributed by atoms with Crippen LogP contribution in [0.5, 0.6) is 11.5 Å². The van der Waals surface area contributed by atoms with Crippen LogP contribution in [0.3, 0.4) is 0 Å². The molecule has 0 bridgehead atoms. The van der Waals surface area contributed by atoms with E-state index in [2.05, 4.69) is 0 Å². The molecule has 24 heavy (non-hydrogen) atoms. The molecule has 0 spiro atoms. The summed E-state index contributed by atoms with van der Waals surface area (Å²) in [5, 5.41) is 9.04. The third-order valence-corrected chi connectivity index (χ3v) is 2.73. The normalized spacial score (nSPS) is 10.4. The van der Waals surface area contributed by atoms with Gasteiger partial charge in [-0.05, 0) is 44.5 Å². The van der Waals surface area contributed by atoms with Crippen molar-refractivity contribution in [1.82, 2.24) is 0 Å². The van der Waals surface area contributed by atoms with E-state index >= 15 is 0 Å². The average Bonchev–Trinajstić information content (AvgIpc) is 2.53. The lowest BCUT2D eigenvalue weighted by Crippen LogP contribution is -2.06. The molecule has 126 valence electrons. The lowest BCUT2D eigenvalue weighted by molar-refractivity contribution is -0.138. The van der Waals surface area contributed by atoms with Gasteiger partial charge in [0.2, 0.25) is 0 Å². The van der Waals surface area contributed by atoms with Crippen LogP contribution < -0.4 is 9.47 Å². The minimum absolute atomic E-state index is 0.131. The van der Waals surface area contributed by atoms with E-state index in [9.17, 15) is 9.59 Å². The van der Waals surface area contributed by atoms with Crippen LogP contribution in [0, 0.1) is 11.3 Å². The number of carbonyl (C=O) groups is 2. The molecule has 1 aromatic rings. The van der Waals surface area contributed by atoms with E-state index in [-0.39, 0.29) is 17.9 Å². The molecule has 0 aliphatic heterocycles. The first-order valence-electron chi connectivity index (χ1n) is 7.25. The zero-order valence-electron chi connectivity index (χ0n) is 14.1. The molecule has 0 amide bonds. The van der Waals surface area contributed by atoms with Crippen LogP contribution in [-0.2, 0) is 14.3 Å². The Morgan fingerprint density at radius 2 is 1.96 bits per heavy atom. The predicted molar refractivity (Wildman–Crippen MR) is 88.3 cm³/mol. The van der Waals surface area contributed by atoms with Gasteiger partial charge in [-0.15, -0.1) is 0 Å². The van der Waals surface area contributed by atoms with E-state index in [1.807, 2.05) is 0 Å². The van der Waals surface area contributed by atoms with Crippen LogP contribution >= 0.6 is 0 Å². The molecule has 0 aliphatic rings. The van der Waals surface area contributed by atoms with E-state index in [0.29, 0.717) is 11.3 Å². The van der Waals surface area contributed by atoms with Gasteiger partial charge in [-0.2, -0.15) is 5.26 Å². The highest BCUT2D eigenvalue weighted by Gasteiger charge is 2.12. The number of nitrogens with zero attached hydrogens (tertiary/aromatic N) is 1. The second kappa shape index (κ2) is 9.16. The number of methoxy groups -OCH3 is 1. The summed E-state index contributed by atoms with van der Waals surface area (Å²) in [7, 11) is 1.43. The summed E-state index contributed by atoms with van der Waals surface area (Å²) in [5.41, 5.74) is 1.22. The topological polar surface area (TPSA) is 85.6 Å². The first kappa shape index (κ1) is 19.0. The summed E-state index contributed by atoms with van der Waals surface area (Å²) in [6.45, 7) is 5.41. The van der Waals surface area contributed by atoms with Crippen molar-refractivity contribution < 1.29 is 23.8 Å². The molecule has 0 unspecified atom stereocenters. The van der Waals surface area contributed by atoms with Crippen molar-refractivity contribution in [3.05, 3.63) is 41.0 Å². The summed E-state index contributed by atoms with van der Waals surface area (Å²) in [5.74, 6) is -0.661. The van der Waals surface area contributed by atoms with Crippen molar-refractivity contribution in [1.29, 1.82) is 5.26 Å². The van der Waals surface area contributed by atoms with Crippen molar-refractivity contribution in [2.45, 2.75) is 20.8 Å². The molecule has 0 aromatic heterocycles. The maximum Gasteiger partial charge on any atom is 0.348 e. The van der Waals surface area contributed by atoms with Gasteiger partial charge in [0.1, 0.15) is 11.6 Å². The molecule has 1 rings (SSSR count). The van der Waals surface area contributed by atoms with Gasteiger partial charge in [0.15, 0.2) is 11.5 Å². The Morgan fingerprint density at radius 3 is 2.50 bits per heavy atom. The van der Waals surface area contributed by atoms with Crippen LogP contribution in [0.1, 0.15) is 26.3 Å². The van der Waals surface area contributed by atoms with Crippen LogP contribution in [0.25, 0.3) is 6.08 Å². The Kier molecular flexibility index (Phi) is 7.24. The summed E-state index contributed by atoms with van der Waals surface area (Å²) < 4.78 is 15.2. The molecule has 6 nitrogen and oxygen atoms in total. The molecule has 0 atom stereocenters. The highest BCUT2D eigenvalue weighted by molar-refractivity contribution is 5.98. The largest absolute Gasteiger partial charge is 0.493 e. The number of allylic oxidation sites excluding steroid dienone is 1. The molecule has 1 aromatic carbocycles. The fourth-order valence-electron chi connectivity index (χ4n) is 1.74. The number of rotatable bonds is 6. The van der Waals surface area contributed by atoms with Crippen molar-refractivity contribution in [3.8, 4) is 17.6 Å². The van der Waals surface area contributed by atoms with Crippen LogP contribution in [0.4, 0.5) is 0 Å². The Balaban J connectivity index is 3.10. The quantitative estimate of drug-likeness (QED) is 0.345. The van der Waals surface area contributed by atoms with Crippen molar-refractivity contribution >= 4 is 18.0 Å². The van der Waals surface area contributed by atoms with Crippen LogP contribution in [0.15, 0.2) is 35.4 Å². The number of carbonyl (C=O) groups excluding carboxylic acids is 2. The van der Waals surface area contributed by atoms with E-state index in [4.69, 9.17) is 19.5 Å². The molecular formula is C18H19NO5. The first-order valence-corrected chi connectivity index (χ1v) is 7.25. The maximum atomic E-state index is 11.7. The van der Waals surface area contributed by atoms with Crippen LogP contribution in [0.2, 0.25) is 0 Å². The summed E-state index contributed by atoms with van der Waals surface area (Å²) >= 11 is 0. The van der Waals surface area contributed by atoms with Gasteiger partial charge in [-0.1, -0.05) is 11.6 Å². The molecule has 0 saturated heterocycles. The van der Waals surface area contributed by atoms with Gasteiger partial charge in [-0.3, -0.25) is 0 Å². The zero-order chi connectivity index (χ0) is 18.1. The molecule has 0 N–H and O–H groups in total. The van der Waals surface area contributed by atoms with Crippen LogP contribution in [-0.4, -0.2) is 25.7 Å². The Bertz CT molecular complexity index is 721. The second-order valence-corrected chi connectivity index (χ2v) is 4.94. The minimum Gasteiger partial charge on any atom is -0.493 e. The Morgan fingerprint density at radius 1 is 1.25 bits per heavy atom. The third-order valence-electron chi connectivity index (χ3n) is 2.73. The monoisotopic (exact) mass is 329 g/mol. The number of nitriles is 1. The number of hydrogen-bond acceptors (Lipinski definition) is 6. The minimum atomic E-state index is -0.696. The fourth-order valence-corrected chi connectivity index (χ4v) is 1.74. The average molecular weight is 329 g/mol. The second-order valence-electron chi connectivity index (χ2n) is 4.94. The lowest BCUT2D eigenvalue weighted by atomic mass is 10.1. The van der Waals surface area contributed by atoms with E-state index in [1.54, 1.807) is 39.0 Å². The standard InChI is InChI=1S/C18H19NO5/c1-5-23-18(21)14(11-19)9-13-6-7-15(16(10-13)22-4)24-17(20)8-12(2)3/h6-10H,5H2,1-4H3/b14-9+. The van der Waals surface area contributed by atoms with Gasteiger partial charge in [0.05, 0.1) is 13.7 Å². The number of hydrogen-bond donors (Lipinski definition) is 0. The van der Waals surface area contributed by atoms with Gasteiger partial charge < -0.3 is 14.2 Å². The Labute approximate surface area is 140 Å².